The Morgan fingerprint density at radius 2 is 1.71 bits per heavy atom. The topological polar surface area (TPSA) is 29.1 Å². The first-order valence-electron chi connectivity index (χ1n) is 6.88. The van der Waals surface area contributed by atoms with Crippen molar-refractivity contribution < 1.29 is 13.6 Å². The van der Waals surface area contributed by atoms with Gasteiger partial charge in [-0.2, -0.15) is 0 Å². The van der Waals surface area contributed by atoms with Gasteiger partial charge in [-0.15, -0.1) is 0 Å². The molecule has 1 amide bonds. The number of rotatable bonds is 4. The molecule has 0 bridgehead atoms. The maximum Gasteiger partial charge on any atom is 0.261 e. The number of hydrogen-bond acceptors (Lipinski definition) is 1. The van der Waals surface area contributed by atoms with E-state index in [1.54, 1.807) is 12.1 Å². The molecule has 0 spiro atoms. The van der Waals surface area contributed by atoms with Crippen molar-refractivity contribution in [3.05, 3.63) is 65.2 Å². The molecule has 110 valence electrons. The molecule has 0 unspecified atom stereocenters. The van der Waals surface area contributed by atoms with Crippen LogP contribution in [0.3, 0.4) is 0 Å². The molecule has 2 aromatic carbocycles. The molecule has 0 heterocycles. The lowest BCUT2D eigenvalue weighted by molar-refractivity contribution is 0.101. The SMILES string of the molecule is CC[C@@H](C)c1ccccc1NC(=O)c1c(F)cccc1F. The van der Waals surface area contributed by atoms with E-state index in [0.29, 0.717) is 5.69 Å². The first-order chi connectivity index (χ1) is 10.0. The van der Waals surface area contributed by atoms with E-state index in [0.717, 1.165) is 24.1 Å². The van der Waals surface area contributed by atoms with E-state index in [9.17, 15) is 13.6 Å². The van der Waals surface area contributed by atoms with E-state index in [2.05, 4.69) is 5.32 Å². The fraction of sp³-hybridized carbons (Fsp3) is 0.235. The second-order valence-corrected chi connectivity index (χ2v) is 4.95. The minimum Gasteiger partial charge on any atom is -0.322 e. The monoisotopic (exact) mass is 289 g/mol. The molecule has 2 rings (SSSR count). The van der Waals surface area contributed by atoms with E-state index in [1.165, 1.54) is 6.07 Å². The summed E-state index contributed by atoms with van der Waals surface area (Å²) in [4.78, 5) is 12.1. The molecule has 2 nitrogen and oxygen atoms in total. The van der Waals surface area contributed by atoms with Crippen LogP contribution in [-0.4, -0.2) is 5.91 Å². The average Bonchev–Trinajstić information content (AvgIpc) is 2.47. The van der Waals surface area contributed by atoms with Crippen molar-refractivity contribution in [2.75, 3.05) is 5.32 Å². The van der Waals surface area contributed by atoms with Gasteiger partial charge < -0.3 is 5.32 Å². The van der Waals surface area contributed by atoms with Crippen LogP contribution >= 0.6 is 0 Å². The van der Waals surface area contributed by atoms with Gasteiger partial charge in [0.1, 0.15) is 17.2 Å². The number of carbonyl (C=O) groups is 1. The molecule has 1 atom stereocenters. The third-order valence-electron chi connectivity index (χ3n) is 3.54. The first-order valence-corrected chi connectivity index (χ1v) is 6.88. The Balaban J connectivity index is 2.33. The van der Waals surface area contributed by atoms with Crippen molar-refractivity contribution in [2.24, 2.45) is 0 Å². The second-order valence-electron chi connectivity index (χ2n) is 4.95. The molecule has 0 aromatic heterocycles. The molecule has 0 saturated heterocycles. The Hall–Kier alpha value is -2.23. The number of para-hydroxylation sites is 1. The number of nitrogens with one attached hydrogen (secondary N) is 1. The van der Waals surface area contributed by atoms with Crippen LogP contribution in [0.4, 0.5) is 14.5 Å². The van der Waals surface area contributed by atoms with Crippen LogP contribution in [0.15, 0.2) is 42.5 Å². The summed E-state index contributed by atoms with van der Waals surface area (Å²) in [7, 11) is 0. The molecule has 0 aliphatic heterocycles. The van der Waals surface area contributed by atoms with Crippen molar-refractivity contribution in [2.45, 2.75) is 26.2 Å². The number of anilines is 1. The molecule has 0 saturated carbocycles. The van der Waals surface area contributed by atoms with E-state index in [-0.39, 0.29) is 5.92 Å². The maximum absolute atomic E-state index is 13.6. The van der Waals surface area contributed by atoms with Gasteiger partial charge in [0.25, 0.3) is 5.91 Å². The molecular formula is C17H17F2NO. The molecule has 0 aliphatic carbocycles. The summed E-state index contributed by atoms with van der Waals surface area (Å²) in [5.41, 5.74) is 0.973. The molecule has 2 aromatic rings. The summed E-state index contributed by atoms with van der Waals surface area (Å²) >= 11 is 0. The predicted octanol–water partition coefficient (Wildman–Crippen LogP) is 4.73. The van der Waals surface area contributed by atoms with Gasteiger partial charge in [-0.25, -0.2) is 8.78 Å². The number of hydrogen-bond donors (Lipinski definition) is 1. The zero-order valence-electron chi connectivity index (χ0n) is 12.0. The van der Waals surface area contributed by atoms with Crippen LogP contribution in [0, 0.1) is 11.6 Å². The smallest absolute Gasteiger partial charge is 0.261 e. The van der Waals surface area contributed by atoms with Crippen molar-refractivity contribution in [3.63, 3.8) is 0 Å². The van der Waals surface area contributed by atoms with E-state index >= 15 is 0 Å². The third kappa shape index (κ3) is 3.27. The summed E-state index contributed by atoms with van der Waals surface area (Å²) in [6.07, 6.45) is 0.904. The van der Waals surface area contributed by atoms with E-state index in [1.807, 2.05) is 26.0 Å². The molecule has 4 heteroatoms. The van der Waals surface area contributed by atoms with Crippen LogP contribution in [0.5, 0.6) is 0 Å². The Morgan fingerprint density at radius 3 is 2.33 bits per heavy atom. The lowest BCUT2D eigenvalue weighted by Gasteiger charge is -2.16. The van der Waals surface area contributed by atoms with Gasteiger partial charge in [-0.3, -0.25) is 4.79 Å². The summed E-state index contributed by atoms with van der Waals surface area (Å²) in [5.74, 6) is -2.27. The van der Waals surface area contributed by atoms with Crippen molar-refractivity contribution in [3.8, 4) is 0 Å². The van der Waals surface area contributed by atoms with E-state index < -0.39 is 23.1 Å². The summed E-state index contributed by atoms with van der Waals surface area (Å²) in [6.45, 7) is 4.08. The van der Waals surface area contributed by atoms with Gasteiger partial charge in [-0.1, -0.05) is 38.1 Å². The molecule has 1 N–H and O–H groups in total. The standard InChI is InChI=1S/C17H17F2NO/c1-3-11(2)12-7-4-5-10-15(12)20-17(21)16-13(18)8-6-9-14(16)19/h4-11H,3H2,1-2H3,(H,20,21)/t11-/m1/s1. The Bertz CT molecular complexity index is 635. The van der Waals surface area contributed by atoms with Crippen molar-refractivity contribution in [1.82, 2.24) is 0 Å². The third-order valence-corrected chi connectivity index (χ3v) is 3.54. The maximum atomic E-state index is 13.6. The van der Waals surface area contributed by atoms with Crippen molar-refractivity contribution in [1.29, 1.82) is 0 Å². The molecule has 0 fully saturated rings. The van der Waals surface area contributed by atoms with E-state index in [4.69, 9.17) is 0 Å². The van der Waals surface area contributed by atoms with Crippen LogP contribution in [0.25, 0.3) is 0 Å². The Kier molecular flexibility index (Phi) is 4.68. The van der Waals surface area contributed by atoms with Gasteiger partial charge in [-0.05, 0) is 36.1 Å². The summed E-state index contributed by atoms with van der Waals surface area (Å²) < 4.78 is 27.3. The van der Waals surface area contributed by atoms with Crippen LogP contribution in [-0.2, 0) is 0 Å². The highest BCUT2D eigenvalue weighted by molar-refractivity contribution is 6.05. The fourth-order valence-electron chi connectivity index (χ4n) is 2.16. The lowest BCUT2D eigenvalue weighted by atomic mass is 9.96. The van der Waals surface area contributed by atoms with Gasteiger partial charge in [0, 0.05) is 5.69 Å². The van der Waals surface area contributed by atoms with Crippen LogP contribution in [0.1, 0.15) is 42.1 Å². The molecular weight excluding hydrogens is 272 g/mol. The molecule has 0 radical (unpaired) electrons. The minimum atomic E-state index is -0.867. The average molecular weight is 289 g/mol. The minimum absolute atomic E-state index is 0.243. The first kappa shape index (κ1) is 15.2. The normalized spacial score (nSPS) is 12.0. The van der Waals surface area contributed by atoms with Gasteiger partial charge in [0.05, 0.1) is 0 Å². The zero-order valence-corrected chi connectivity index (χ0v) is 12.0. The van der Waals surface area contributed by atoms with Crippen molar-refractivity contribution >= 4 is 11.6 Å². The molecule has 21 heavy (non-hydrogen) atoms. The highest BCUT2D eigenvalue weighted by Gasteiger charge is 2.18. The Labute approximate surface area is 122 Å². The van der Waals surface area contributed by atoms with Gasteiger partial charge in [0.2, 0.25) is 0 Å². The van der Waals surface area contributed by atoms with Crippen LogP contribution < -0.4 is 5.32 Å². The predicted molar refractivity (Wildman–Crippen MR) is 79.5 cm³/mol. The Morgan fingerprint density at radius 1 is 1.10 bits per heavy atom. The van der Waals surface area contributed by atoms with Gasteiger partial charge >= 0.3 is 0 Å². The zero-order chi connectivity index (χ0) is 15.4. The number of amides is 1. The second kappa shape index (κ2) is 6.48. The quantitative estimate of drug-likeness (QED) is 0.866. The number of carbonyl (C=O) groups excluding carboxylic acids is 1. The molecule has 0 aliphatic rings. The fourth-order valence-corrected chi connectivity index (χ4v) is 2.16. The van der Waals surface area contributed by atoms with Gasteiger partial charge in [0.15, 0.2) is 0 Å². The summed E-state index contributed by atoms with van der Waals surface area (Å²) in [5, 5.41) is 2.60. The number of benzene rings is 2. The highest BCUT2D eigenvalue weighted by Crippen LogP contribution is 2.27. The summed E-state index contributed by atoms with van der Waals surface area (Å²) in [6, 6.07) is 10.7. The van der Waals surface area contributed by atoms with Crippen LogP contribution in [0.2, 0.25) is 0 Å². The number of halogens is 2. The highest BCUT2D eigenvalue weighted by atomic mass is 19.1. The largest absolute Gasteiger partial charge is 0.322 e. The lowest BCUT2D eigenvalue weighted by Crippen LogP contribution is -2.17.